The third-order valence-corrected chi connectivity index (χ3v) is 4.01. The number of amides is 2. The number of hydrogen-bond donors (Lipinski definition) is 4. The highest BCUT2D eigenvalue weighted by Crippen LogP contribution is 2.16. The maximum Gasteiger partial charge on any atom is 0.248 e. The molecule has 0 saturated heterocycles. The first-order valence-electron chi connectivity index (χ1n) is 7.58. The molecule has 1 rings (SSSR count). The van der Waals surface area contributed by atoms with Crippen LogP contribution in [-0.4, -0.2) is 34.5 Å². The number of carbonyl (C=O) groups is 2. The van der Waals surface area contributed by atoms with Gasteiger partial charge in [0.15, 0.2) is 5.11 Å². The van der Waals surface area contributed by atoms with Crippen molar-refractivity contribution < 1.29 is 9.59 Å². The van der Waals surface area contributed by atoms with Gasteiger partial charge in [-0.3, -0.25) is 20.4 Å². The lowest BCUT2D eigenvalue weighted by Gasteiger charge is -2.13. The lowest BCUT2D eigenvalue weighted by Crippen LogP contribution is -2.49. The van der Waals surface area contributed by atoms with E-state index in [0.29, 0.717) is 5.11 Å². The molecule has 0 radical (unpaired) electrons. The lowest BCUT2D eigenvalue weighted by atomic mass is 10.1. The van der Waals surface area contributed by atoms with Crippen molar-refractivity contribution >= 4 is 46.6 Å². The van der Waals surface area contributed by atoms with Crippen LogP contribution in [0.15, 0.2) is 18.2 Å². The van der Waals surface area contributed by atoms with Gasteiger partial charge in [-0.1, -0.05) is 17.7 Å². The van der Waals surface area contributed by atoms with Gasteiger partial charge in [0, 0.05) is 11.7 Å². The van der Waals surface area contributed by atoms with E-state index in [1.54, 1.807) is 0 Å². The molecule has 0 fully saturated rings. The minimum atomic E-state index is -0.243. The fourth-order valence-corrected chi connectivity index (χ4v) is 2.74. The Morgan fingerprint density at radius 1 is 1.12 bits per heavy atom. The van der Waals surface area contributed by atoms with Crippen LogP contribution in [0.5, 0.6) is 0 Å². The third-order valence-electron chi connectivity index (χ3n) is 2.86. The van der Waals surface area contributed by atoms with E-state index >= 15 is 0 Å². The standard InChI is InChI=1S/C16H24N4O2S2/c1-10(2)17-16(23)20-19-15(22)9-24-8-14(21)18-13-6-5-11(3)7-12(13)4/h5-7,10H,8-9H2,1-4H3,(H,18,21)(H,19,22)(H2,17,20,23). The molecule has 6 nitrogen and oxygen atoms in total. The molecule has 2 amide bonds. The summed E-state index contributed by atoms with van der Waals surface area (Å²) < 4.78 is 0. The summed E-state index contributed by atoms with van der Waals surface area (Å²) in [6, 6.07) is 6.02. The van der Waals surface area contributed by atoms with Crippen LogP contribution < -0.4 is 21.5 Å². The minimum absolute atomic E-state index is 0.135. The van der Waals surface area contributed by atoms with Crippen molar-refractivity contribution in [3.8, 4) is 0 Å². The number of rotatable bonds is 6. The molecule has 0 aromatic heterocycles. The van der Waals surface area contributed by atoms with Gasteiger partial charge in [0.25, 0.3) is 0 Å². The number of thioether (sulfide) groups is 1. The van der Waals surface area contributed by atoms with E-state index in [9.17, 15) is 9.59 Å². The first kappa shape index (κ1) is 20.2. The zero-order chi connectivity index (χ0) is 18.1. The Morgan fingerprint density at radius 2 is 1.79 bits per heavy atom. The smallest absolute Gasteiger partial charge is 0.248 e. The molecule has 132 valence electrons. The summed E-state index contributed by atoms with van der Waals surface area (Å²) in [6.45, 7) is 7.84. The van der Waals surface area contributed by atoms with Gasteiger partial charge in [0.05, 0.1) is 11.5 Å². The zero-order valence-corrected chi connectivity index (χ0v) is 16.0. The maximum absolute atomic E-state index is 11.9. The molecule has 1 aromatic rings. The fourth-order valence-electron chi connectivity index (χ4n) is 1.84. The van der Waals surface area contributed by atoms with Gasteiger partial charge in [-0.2, -0.15) is 0 Å². The van der Waals surface area contributed by atoms with Crippen molar-refractivity contribution in [3.05, 3.63) is 29.3 Å². The van der Waals surface area contributed by atoms with Crippen molar-refractivity contribution in [1.82, 2.24) is 16.2 Å². The molecule has 0 aliphatic heterocycles. The zero-order valence-electron chi connectivity index (χ0n) is 14.4. The highest BCUT2D eigenvalue weighted by molar-refractivity contribution is 8.00. The van der Waals surface area contributed by atoms with Gasteiger partial charge in [0.1, 0.15) is 0 Å². The summed E-state index contributed by atoms with van der Waals surface area (Å²) in [6.07, 6.45) is 0. The SMILES string of the molecule is Cc1ccc(NC(=O)CSCC(=O)NNC(=S)NC(C)C)c(C)c1. The molecule has 0 aliphatic carbocycles. The summed E-state index contributed by atoms with van der Waals surface area (Å²) in [5, 5.41) is 6.15. The topological polar surface area (TPSA) is 82.3 Å². The maximum atomic E-state index is 11.9. The van der Waals surface area contributed by atoms with E-state index in [4.69, 9.17) is 12.2 Å². The average Bonchev–Trinajstić information content (AvgIpc) is 2.47. The van der Waals surface area contributed by atoms with Crippen LogP contribution in [0.25, 0.3) is 0 Å². The number of thiocarbonyl (C=S) groups is 1. The number of hydrazine groups is 1. The van der Waals surface area contributed by atoms with Crippen LogP contribution in [0.3, 0.4) is 0 Å². The Labute approximate surface area is 152 Å². The van der Waals surface area contributed by atoms with Gasteiger partial charge in [0.2, 0.25) is 11.8 Å². The van der Waals surface area contributed by atoms with E-state index in [2.05, 4.69) is 21.5 Å². The number of carbonyl (C=O) groups excluding carboxylic acids is 2. The first-order chi connectivity index (χ1) is 11.3. The van der Waals surface area contributed by atoms with Gasteiger partial charge in [-0.15, -0.1) is 11.8 Å². The number of hydrogen-bond acceptors (Lipinski definition) is 4. The summed E-state index contributed by atoms with van der Waals surface area (Å²) >= 11 is 6.22. The molecule has 4 N–H and O–H groups in total. The first-order valence-corrected chi connectivity index (χ1v) is 9.14. The number of aryl methyl sites for hydroxylation is 2. The summed E-state index contributed by atoms with van der Waals surface area (Å²) in [7, 11) is 0. The Morgan fingerprint density at radius 3 is 2.42 bits per heavy atom. The van der Waals surface area contributed by atoms with Crippen LogP contribution in [-0.2, 0) is 9.59 Å². The van der Waals surface area contributed by atoms with Crippen LogP contribution in [0.4, 0.5) is 5.69 Å². The van der Waals surface area contributed by atoms with E-state index in [1.807, 2.05) is 45.9 Å². The molecule has 0 unspecified atom stereocenters. The van der Waals surface area contributed by atoms with Gasteiger partial charge < -0.3 is 10.6 Å². The van der Waals surface area contributed by atoms with Gasteiger partial charge in [-0.05, 0) is 51.5 Å². The van der Waals surface area contributed by atoms with Crippen molar-refractivity contribution in [2.24, 2.45) is 0 Å². The van der Waals surface area contributed by atoms with E-state index in [-0.39, 0.29) is 29.4 Å². The fraction of sp³-hybridized carbons (Fsp3) is 0.438. The van der Waals surface area contributed by atoms with E-state index in [0.717, 1.165) is 16.8 Å². The highest BCUT2D eigenvalue weighted by atomic mass is 32.2. The van der Waals surface area contributed by atoms with Crippen molar-refractivity contribution in [3.63, 3.8) is 0 Å². The van der Waals surface area contributed by atoms with Crippen LogP contribution in [0.2, 0.25) is 0 Å². The molecule has 8 heteroatoms. The van der Waals surface area contributed by atoms with E-state index < -0.39 is 0 Å². The summed E-state index contributed by atoms with van der Waals surface area (Å²) in [5.74, 6) is -0.00977. The Balaban J connectivity index is 2.25. The molecule has 0 bridgehead atoms. The third kappa shape index (κ3) is 8.16. The second kappa shape index (κ2) is 10.1. The summed E-state index contributed by atoms with van der Waals surface area (Å²) in [5.41, 5.74) is 8.05. The quantitative estimate of drug-likeness (QED) is 0.453. The van der Waals surface area contributed by atoms with Gasteiger partial charge in [-0.25, -0.2) is 0 Å². The second-order valence-electron chi connectivity index (χ2n) is 5.66. The highest BCUT2D eigenvalue weighted by Gasteiger charge is 2.08. The molecule has 0 atom stereocenters. The van der Waals surface area contributed by atoms with Crippen molar-refractivity contribution in [2.45, 2.75) is 33.7 Å². The van der Waals surface area contributed by atoms with E-state index in [1.165, 1.54) is 11.8 Å². The number of anilines is 1. The Hall–Kier alpha value is -1.80. The normalized spacial score (nSPS) is 10.2. The number of benzene rings is 1. The van der Waals surface area contributed by atoms with Crippen molar-refractivity contribution in [2.75, 3.05) is 16.8 Å². The van der Waals surface area contributed by atoms with Crippen LogP contribution >= 0.6 is 24.0 Å². The molecule has 0 aliphatic rings. The summed E-state index contributed by atoms with van der Waals surface area (Å²) in [4.78, 5) is 23.6. The molecular formula is C16H24N4O2S2. The minimum Gasteiger partial charge on any atom is -0.359 e. The molecule has 0 saturated carbocycles. The predicted octanol–water partition coefficient (Wildman–Crippen LogP) is 1.88. The molecule has 24 heavy (non-hydrogen) atoms. The monoisotopic (exact) mass is 368 g/mol. The van der Waals surface area contributed by atoms with Gasteiger partial charge >= 0.3 is 0 Å². The van der Waals surface area contributed by atoms with Crippen LogP contribution in [0.1, 0.15) is 25.0 Å². The predicted molar refractivity (Wildman–Crippen MR) is 104 cm³/mol. The Kier molecular flexibility index (Phi) is 8.56. The lowest BCUT2D eigenvalue weighted by molar-refractivity contribution is -0.119. The molecule has 0 spiro atoms. The largest absolute Gasteiger partial charge is 0.359 e. The molecule has 1 aromatic carbocycles. The molecular weight excluding hydrogens is 344 g/mol. The second-order valence-corrected chi connectivity index (χ2v) is 7.05. The molecule has 0 heterocycles. The van der Waals surface area contributed by atoms with Crippen molar-refractivity contribution in [1.29, 1.82) is 0 Å². The Bertz CT molecular complexity index is 606. The number of nitrogens with one attached hydrogen (secondary N) is 4. The average molecular weight is 369 g/mol. The van der Waals surface area contributed by atoms with Crippen LogP contribution in [0, 0.1) is 13.8 Å².